The summed E-state index contributed by atoms with van der Waals surface area (Å²) in [5.41, 5.74) is 10.1. The van der Waals surface area contributed by atoms with Gasteiger partial charge in [-0.15, -0.1) is 0 Å². The third-order valence-electron chi connectivity index (χ3n) is 8.80. The number of rotatable bonds is 4. The van der Waals surface area contributed by atoms with E-state index in [-0.39, 0.29) is 24.8 Å². The SMILES string of the molecule is CCC1=Cc2ccccc2[CH]1[Zr+2]1([CH]2C(CC)=Cc3ccccc32)[CH]2CCCC[CH]21.[Cl-].[Cl-]. The van der Waals surface area contributed by atoms with E-state index in [1.807, 2.05) is 0 Å². The minimum Gasteiger partial charge on any atom is -1.00 e. The van der Waals surface area contributed by atoms with Gasteiger partial charge < -0.3 is 24.8 Å². The largest absolute Gasteiger partial charge is 1.00 e. The van der Waals surface area contributed by atoms with E-state index in [2.05, 4.69) is 74.5 Å². The van der Waals surface area contributed by atoms with E-state index in [1.165, 1.54) is 38.5 Å². The van der Waals surface area contributed by atoms with Gasteiger partial charge in [-0.25, -0.2) is 0 Å². The normalized spacial score (nSPS) is 29.9. The molecule has 0 radical (unpaired) electrons. The fourth-order valence-electron chi connectivity index (χ4n) is 7.81. The van der Waals surface area contributed by atoms with Gasteiger partial charge in [0.05, 0.1) is 0 Å². The van der Waals surface area contributed by atoms with Crippen LogP contribution in [0.2, 0.25) is 7.25 Å². The van der Waals surface area contributed by atoms with E-state index in [0.29, 0.717) is 0 Å². The molecule has 4 unspecified atom stereocenters. The molecule has 0 amide bonds. The van der Waals surface area contributed by atoms with E-state index in [9.17, 15) is 0 Å². The first-order valence-electron chi connectivity index (χ1n) is 11.9. The van der Waals surface area contributed by atoms with Crippen LogP contribution in [0.5, 0.6) is 0 Å². The van der Waals surface area contributed by atoms with Gasteiger partial charge in [-0.3, -0.25) is 0 Å². The average Bonchev–Trinajstić information content (AvgIpc) is 3.09. The molecule has 0 spiro atoms. The molecule has 0 nitrogen and oxygen atoms in total. The first-order valence-corrected chi connectivity index (χ1v) is 17.6. The Hall–Kier alpha value is -0.617. The third-order valence-corrected chi connectivity index (χ3v) is 25.8. The predicted molar refractivity (Wildman–Crippen MR) is 121 cm³/mol. The number of allylic oxidation sites excluding steroid dienone is 2. The van der Waals surface area contributed by atoms with Crippen molar-refractivity contribution in [3.8, 4) is 0 Å². The van der Waals surface area contributed by atoms with Crippen LogP contribution in [0.1, 0.15) is 81.9 Å². The van der Waals surface area contributed by atoms with Crippen LogP contribution in [0.15, 0.2) is 59.7 Å². The van der Waals surface area contributed by atoms with Crippen LogP contribution in [-0.4, -0.2) is 0 Å². The van der Waals surface area contributed by atoms with Crippen molar-refractivity contribution in [2.75, 3.05) is 0 Å². The summed E-state index contributed by atoms with van der Waals surface area (Å²) in [7, 11) is 0. The van der Waals surface area contributed by atoms with Crippen molar-refractivity contribution in [3.05, 3.63) is 81.9 Å². The molecule has 6 rings (SSSR count). The summed E-state index contributed by atoms with van der Waals surface area (Å²) >= 11 is -2.61. The van der Waals surface area contributed by atoms with Gasteiger partial charge >= 0.3 is 181 Å². The fraction of sp³-hybridized carbons (Fsp3) is 0.429. The molecular weight excluding hydrogens is 498 g/mol. The molecule has 1 saturated heterocycles. The van der Waals surface area contributed by atoms with Gasteiger partial charge in [-0.2, -0.15) is 0 Å². The summed E-state index contributed by atoms with van der Waals surface area (Å²) in [6.45, 7) is 4.82. The Balaban J connectivity index is 0.00000116. The van der Waals surface area contributed by atoms with E-state index >= 15 is 0 Å². The summed E-state index contributed by atoms with van der Waals surface area (Å²) in [5, 5.41) is 0. The third kappa shape index (κ3) is 3.25. The molecule has 162 valence electrons. The maximum atomic E-state index is 2.60. The second-order valence-electron chi connectivity index (χ2n) is 9.77. The molecule has 0 aromatic heterocycles. The van der Waals surface area contributed by atoms with Crippen molar-refractivity contribution in [1.29, 1.82) is 0 Å². The van der Waals surface area contributed by atoms with Gasteiger partial charge in [0.15, 0.2) is 0 Å². The van der Waals surface area contributed by atoms with E-state index < -0.39 is 20.3 Å². The van der Waals surface area contributed by atoms with Crippen molar-refractivity contribution in [3.63, 3.8) is 0 Å². The number of halogens is 2. The van der Waals surface area contributed by atoms with Crippen molar-refractivity contribution >= 4 is 12.2 Å². The molecule has 1 aliphatic heterocycles. The average molecular weight is 531 g/mol. The van der Waals surface area contributed by atoms with Crippen LogP contribution in [0.25, 0.3) is 12.2 Å². The smallest absolute Gasteiger partial charge is 1.00 e. The van der Waals surface area contributed by atoms with Crippen LogP contribution in [0, 0.1) is 0 Å². The maximum absolute atomic E-state index is 2.61. The van der Waals surface area contributed by atoms with Crippen molar-refractivity contribution in [2.45, 2.75) is 66.9 Å². The molecular formula is C28H32Cl2Zr. The van der Waals surface area contributed by atoms with Crippen LogP contribution in [0.4, 0.5) is 0 Å². The van der Waals surface area contributed by atoms with Gasteiger partial charge in [-0.1, -0.05) is 0 Å². The monoisotopic (exact) mass is 528 g/mol. The molecule has 1 heterocycles. The zero-order valence-corrected chi connectivity index (χ0v) is 22.6. The fourth-order valence-corrected chi connectivity index (χ4v) is 31.3. The Kier molecular flexibility index (Phi) is 6.81. The number of hydrogen-bond acceptors (Lipinski definition) is 0. The van der Waals surface area contributed by atoms with Crippen molar-refractivity contribution < 1.29 is 45.1 Å². The van der Waals surface area contributed by atoms with Crippen molar-refractivity contribution in [2.24, 2.45) is 0 Å². The minimum atomic E-state index is -2.61. The van der Waals surface area contributed by atoms with Gasteiger partial charge in [0.25, 0.3) is 0 Å². The molecule has 3 heteroatoms. The van der Waals surface area contributed by atoms with E-state index in [1.54, 1.807) is 33.4 Å². The first kappa shape index (κ1) is 23.5. The summed E-state index contributed by atoms with van der Waals surface area (Å²) in [4.78, 5) is 0. The predicted octanol–water partition coefficient (Wildman–Crippen LogP) is 2.41. The molecule has 3 aliphatic carbocycles. The molecule has 2 aromatic rings. The summed E-state index contributed by atoms with van der Waals surface area (Å²) in [6.07, 6.45) is 13.7. The molecule has 2 aromatic carbocycles. The molecule has 4 atom stereocenters. The molecule has 31 heavy (non-hydrogen) atoms. The molecule has 0 bridgehead atoms. The zero-order valence-electron chi connectivity index (χ0n) is 18.6. The first-order chi connectivity index (χ1) is 14.3. The molecule has 2 fully saturated rings. The quantitative estimate of drug-likeness (QED) is 0.570. The molecule has 1 saturated carbocycles. The summed E-state index contributed by atoms with van der Waals surface area (Å²) in [6, 6.07) is 18.9. The summed E-state index contributed by atoms with van der Waals surface area (Å²) in [5.74, 6) is 0. The Labute approximate surface area is 204 Å². The molecule has 0 N–H and O–H groups in total. The van der Waals surface area contributed by atoms with Crippen LogP contribution in [0.3, 0.4) is 0 Å². The Morgan fingerprint density at radius 2 is 1.10 bits per heavy atom. The van der Waals surface area contributed by atoms with Gasteiger partial charge in [0.2, 0.25) is 0 Å². The number of fused-ring (bicyclic) bond motifs is 3. The molecule has 4 aliphatic rings. The second-order valence-corrected chi connectivity index (χ2v) is 21.2. The second kappa shape index (κ2) is 8.97. The van der Waals surface area contributed by atoms with Crippen LogP contribution < -0.4 is 24.8 Å². The zero-order chi connectivity index (χ0) is 19.6. The Morgan fingerprint density at radius 3 is 1.52 bits per heavy atom. The van der Waals surface area contributed by atoms with Gasteiger partial charge in [0.1, 0.15) is 0 Å². The van der Waals surface area contributed by atoms with Crippen molar-refractivity contribution in [1.82, 2.24) is 0 Å². The van der Waals surface area contributed by atoms with E-state index in [0.717, 1.165) is 14.5 Å². The maximum Gasteiger partial charge on any atom is -1.00 e. The van der Waals surface area contributed by atoms with Crippen LogP contribution >= 0.6 is 0 Å². The minimum absolute atomic E-state index is 0. The van der Waals surface area contributed by atoms with Gasteiger partial charge in [0, 0.05) is 0 Å². The Bertz CT molecular complexity index is 953. The number of benzene rings is 2. The van der Waals surface area contributed by atoms with Crippen LogP contribution in [-0.2, 0) is 20.3 Å². The Morgan fingerprint density at radius 1 is 0.677 bits per heavy atom. The standard InChI is InChI=1S/2C11H11.C6H10.2ClH.Zr/c2*1-2-9-7-10-5-3-4-6-11(10)8-9;1-2-4-6-5-3-1;;;/h2*3-8H,2H2,1H3;1-2H,3-6H2;2*1H;/q;;;;;+2/p-2. The van der Waals surface area contributed by atoms with Gasteiger partial charge in [-0.05, 0) is 0 Å². The number of hydrogen-bond donors (Lipinski definition) is 0. The summed E-state index contributed by atoms with van der Waals surface area (Å²) < 4.78 is 3.86. The van der Waals surface area contributed by atoms with E-state index in [4.69, 9.17) is 0 Å². The topological polar surface area (TPSA) is 0 Å².